The molecule has 0 radical (unpaired) electrons. The van der Waals surface area contributed by atoms with Crippen molar-refractivity contribution in [1.82, 2.24) is 14.5 Å². The molecular weight excluding hydrogens is 329 g/mol. The quantitative estimate of drug-likeness (QED) is 0.773. The molecule has 0 aliphatic heterocycles. The van der Waals surface area contributed by atoms with Gasteiger partial charge in [0, 0.05) is 6.20 Å². The highest BCUT2D eigenvalue weighted by atomic mass is 32.2. The average molecular weight is 345 g/mol. The summed E-state index contributed by atoms with van der Waals surface area (Å²) >= 11 is 0. The molecule has 7 heteroatoms. The SMILES string of the molecule is Cc1ccc(F)cc1S(=O)(=O)NCc1ccn(-c2ccccc2)n1. The molecule has 1 aromatic heterocycles. The van der Waals surface area contributed by atoms with E-state index in [9.17, 15) is 12.8 Å². The van der Waals surface area contributed by atoms with Crippen LogP contribution in [0.15, 0.2) is 65.7 Å². The van der Waals surface area contributed by atoms with E-state index in [4.69, 9.17) is 0 Å². The number of sulfonamides is 1. The van der Waals surface area contributed by atoms with E-state index in [2.05, 4.69) is 9.82 Å². The molecule has 2 aromatic carbocycles. The molecule has 3 aromatic rings. The minimum Gasteiger partial charge on any atom is -0.241 e. The van der Waals surface area contributed by atoms with Gasteiger partial charge in [-0.2, -0.15) is 5.10 Å². The first-order valence-electron chi connectivity index (χ1n) is 7.31. The number of para-hydroxylation sites is 1. The summed E-state index contributed by atoms with van der Waals surface area (Å²) in [5.41, 5.74) is 1.93. The Bertz CT molecular complexity index is 953. The number of aromatic nitrogens is 2. The lowest BCUT2D eigenvalue weighted by Crippen LogP contribution is -2.24. The second-order valence-electron chi connectivity index (χ2n) is 5.32. The second kappa shape index (κ2) is 6.54. The zero-order chi connectivity index (χ0) is 17.2. The summed E-state index contributed by atoms with van der Waals surface area (Å²) in [4.78, 5) is -0.0648. The predicted octanol–water partition coefficient (Wildman–Crippen LogP) is 2.80. The van der Waals surface area contributed by atoms with Crippen LogP contribution in [0.5, 0.6) is 0 Å². The summed E-state index contributed by atoms with van der Waals surface area (Å²) in [5.74, 6) is -0.589. The molecule has 1 heterocycles. The monoisotopic (exact) mass is 345 g/mol. The van der Waals surface area contributed by atoms with Crippen molar-refractivity contribution in [2.45, 2.75) is 18.4 Å². The molecule has 0 spiro atoms. The van der Waals surface area contributed by atoms with Crippen LogP contribution in [0, 0.1) is 12.7 Å². The van der Waals surface area contributed by atoms with E-state index in [-0.39, 0.29) is 11.4 Å². The molecule has 3 rings (SSSR count). The molecule has 0 unspecified atom stereocenters. The third kappa shape index (κ3) is 3.52. The standard InChI is InChI=1S/C17H16FN3O2S/c1-13-7-8-14(18)11-17(13)24(22,23)19-12-15-9-10-21(20-15)16-5-3-2-4-6-16/h2-11,19H,12H2,1H3. The van der Waals surface area contributed by atoms with Gasteiger partial charge in [0.05, 0.1) is 22.8 Å². The van der Waals surface area contributed by atoms with Crippen molar-refractivity contribution in [1.29, 1.82) is 0 Å². The average Bonchev–Trinajstić information content (AvgIpc) is 3.05. The number of halogens is 1. The highest BCUT2D eigenvalue weighted by molar-refractivity contribution is 7.89. The first kappa shape index (κ1) is 16.4. The van der Waals surface area contributed by atoms with Crippen LogP contribution in [-0.2, 0) is 16.6 Å². The van der Waals surface area contributed by atoms with Gasteiger partial charge < -0.3 is 0 Å². The van der Waals surface area contributed by atoms with E-state index in [0.29, 0.717) is 11.3 Å². The molecule has 1 N–H and O–H groups in total. The minimum atomic E-state index is -3.81. The Hall–Kier alpha value is -2.51. The van der Waals surface area contributed by atoms with Crippen molar-refractivity contribution in [3.8, 4) is 5.69 Å². The summed E-state index contributed by atoms with van der Waals surface area (Å²) in [6.07, 6.45) is 1.76. The summed E-state index contributed by atoms with van der Waals surface area (Å²) in [6.45, 7) is 1.65. The predicted molar refractivity (Wildman–Crippen MR) is 88.7 cm³/mol. The van der Waals surface area contributed by atoms with E-state index < -0.39 is 15.8 Å². The third-order valence-corrected chi connectivity index (χ3v) is 5.09. The van der Waals surface area contributed by atoms with Gasteiger partial charge in [-0.25, -0.2) is 22.2 Å². The van der Waals surface area contributed by atoms with Gasteiger partial charge in [-0.1, -0.05) is 24.3 Å². The molecule has 0 amide bonds. The molecular formula is C17H16FN3O2S. The number of aryl methyl sites for hydroxylation is 1. The largest absolute Gasteiger partial charge is 0.241 e. The lowest BCUT2D eigenvalue weighted by atomic mass is 10.2. The van der Waals surface area contributed by atoms with Crippen LogP contribution in [0.25, 0.3) is 5.69 Å². The van der Waals surface area contributed by atoms with E-state index >= 15 is 0 Å². The fourth-order valence-electron chi connectivity index (χ4n) is 2.29. The Morgan fingerprint density at radius 3 is 2.62 bits per heavy atom. The van der Waals surface area contributed by atoms with Crippen LogP contribution in [0.2, 0.25) is 0 Å². The van der Waals surface area contributed by atoms with E-state index in [0.717, 1.165) is 11.8 Å². The Balaban J connectivity index is 1.76. The zero-order valence-electron chi connectivity index (χ0n) is 13.0. The lowest BCUT2D eigenvalue weighted by molar-refractivity contribution is 0.575. The molecule has 0 aliphatic rings. The van der Waals surface area contributed by atoms with Gasteiger partial charge in [-0.15, -0.1) is 0 Å². The van der Waals surface area contributed by atoms with Crippen LogP contribution < -0.4 is 4.72 Å². The third-order valence-electron chi connectivity index (χ3n) is 3.55. The van der Waals surface area contributed by atoms with Crippen molar-refractivity contribution in [2.75, 3.05) is 0 Å². The van der Waals surface area contributed by atoms with Crippen LogP contribution in [0.1, 0.15) is 11.3 Å². The Morgan fingerprint density at radius 2 is 1.88 bits per heavy atom. The van der Waals surface area contributed by atoms with Crippen LogP contribution in [-0.4, -0.2) is 18.2 Å². The molecule has 24 heavy (non-hydrogen) atoms. The van der Waals surface area contributed by atoms with Gasteiger partial charge in [0.25, 0.3) is 0 Å². The minimum absolute atomic E-state index is 0.0259. The molecule has 0 saturated heterocycles. The van der Waals surface area contributed by atoms with E-state index in [1.807, 2.05) is 30.3 Å². The molecule has 0 aliphatic carbocycles. The molecule has 5 nitrogen and oxygen atoms in total. The summed E-state index contributed by atoms with van der Waals surface area (Å²) in [7, 11) is -3.81. The number of nitrogens with zero attached hydrogens (tertiary/aromatic N) is 2. The fourth-order valence-corrected chi connectivity index (χ4v) is 3.54. The maximum atomic E-state index is 13.3. The molecule has 0 bridgehead atoms. The number of nitrogens with one attached hydrogen (secondary N) is 1. The first-order valence-corrected chi connectivity index (χ1v) is 8.80. The Kier molecular flexibility index (Phi) is 4.46. The van der Waals surface area contributed by atoms with E-state index in [1.54, 1.807) is 23.9 Å². The zero-order valence-corrected chi connectivity index (χ0v) is 13.8. The summed E-state index contributed by atoms with van der Waals surface area (Å²) in [6, 6.07) is 14.9. The number of benzene rings is 2. The Morgan fingerprint density at radius 1 is 1.12 bits per heavy atom. The van der Waals surface area contributed by atoms with Gasteiger partial charge >= 0.3 is 0 Å². The van der Waals surface area contributed by atoms with Gasteiger partial charge in [-0.05, 0) is 42.8 Å². The summed E-state index contributed by atoms with van der Waals surface area (Å²) < 4.78 is 42.1. The van der Waals surface area contributed by atoms with Crippen molar-refractivity contribution >= 4 is 10.0 Å². The molecule has 124 valence electrons. The molecule has 0 atom stereocenters. The first-order chi connectivity index (χ1) is 11.5. The highest BCUT2D eigenvalue weighted by Gasteiger charge is 2.17. The lowest BCUT2D eigenvalue weighted by Gasteiger charge is -2.08. The van der Waals surface area contributed by atoms with Crippen molar-refractivity contribution in [2.24, 2.45) is 0 Å². The van der Waals surface area contributed by atoms with Gasteiger partial charge in [-0.3, -0.25) is 0 Å². The van der Waals surface area contributed by atoms with Crippen molar-refractivity contribution < 1.29 is 12.8 Å². The maximum absolute atomic E-state index is 13.3. The van der Waals surface area contributed by atoms with E-state index in [1.165, 1.54) is 12.1 Å². The van der Waals surface area contributed by atoms with Gasteiger partial charge in [0.2, 0.25) is 10.0 Å². The van der Waals surface area contributed by atoms with Gasteiger partial charge in [0.15, 0.2) is 0 Å². The van der Waals surface area contributed by atoms with Crippen LogP contribution >= 0.6 is 0 Å². The smallest absolute Gasteiger partial charge is 0.241 e. The Labute approximate surface area is 139 Å². The highest BCUT2D eigenvalue weighted by Crippen LogP contribution is 2.16. The van der Waals surface area contributed by atoms with Crippen molar-refractivity contribution in [3.63, 3.8) is 0 Å². The van der Waals surface area contributed by atoms with Gasteiger partial charge in [0.1, 0.15) is 5.82 Å². The maximum Gasteiger partial charge on any atom is 0.241 e. The number of hydrogen-bond donors (Lipinski definition) is 1. The van der Waals surface area contributed by atoms with Crippen molar-refractivity contribution in [3.05, 3.63) is 77.9 Å². The second-order valence-corrected chi connectivity index (χ2v) is 7.06. The normalized spacial score (nSPS) is 11.6. The van der Waals surface area contributed by atoms with Crippen LogP contribution in [0.3, 0.4) is 0 Å². The molecule has 0 fully saturated rings. The number of rotatable bonds is 5. The molecule has 0 saturated carbocycles. The summed E-state index contributed by atoms with van der Waals surface area (Å²) in [5, 5.41) is 4.33. The van der Waals surface area contributed by atoms with Crippen LogP contribution in [0.4, 0.5) is 4.39 Å². The number of hydrogen-bond acceptors (Lipinski definition) is 3. The fraction of sp³-hybridized carbons (Fsp3) is 0.118. The topological polar surface area (TPSA) is 64.0 Å².